The van der Waals surface area contributed by atoms with Gasteiger partial charge in [0.2, 0.25) is 15.9 Å². The lowest BCUT2D eigenvalue weighted by atomic mass is 9.99. The first kappa shape index (κ1) is 21.0. The van der Waals surface area contributed by atoms with Crippen LogP contribution >= 0.6 is 0 Å². The summed E-state index contributed by atoms with van der Waals surface area (Å²) in [7, 11) is -3.63. The first-order chi connectivity index (χ1) is 14.9. The number of amides is 1. The maximum Gasteiger partial charge on any atom is 0.243 e. The van der Waals surface area contributed by atoms with Crippen molar-refractivity contribution in [1.82, 2.24) is 14.3 Å². The molecule has 0 aliphatic carbocycles. The minimum Gasteiger partial charge on any atom is -0.508 e. The Balaban J connectivity index is 1.43. The molecule has 9 heteroatoms. The van der Waals surface area contributed by atoms with Crippen LogP contribution in [0.5, 0.6) is 5.75 Å². The summed E-state index contributed by atoms with van der Waals surface area (Å²) < 4.78 is 27.1. The molecule has 1 amide bonds. The molecule has 0 spiro atoms. The van der Waals surface area contributed by atoms with Crippen molar-refractivity contribution in [2.75, 3.05) is 18.4 Å². The van der Waals surface area contributed by atoms with E-state index in [9.17, 15) is 18.3 Å². The molecule has 3 aromatic rings. The van der Waals surface area contributed by atoms with E-state index in [2.05, 4.69) is 15.3 Å². The maximum absolute atomic E-state index is 12.9. The molecule has 2 aromatic carbocycles. The lowest BCUT2D eigenvalue weighted by Gasteiger charge is -2.31. The van der Waals surface area contributed by atoms with E-state index in [1.54, 1.807) is 54.6 Å². The number of nitrogens with one attached hydrogen (secondary N) is 1. The lowest BCUT2D eigenvalue weighted by Crippen LogP contribution is -2.43. The molecule has 1 atom stereocenters. The highest BCUT2D eigenvalue weighted by atomic mass is 32.2. The first-order valence-electron chi connectivity index (χ1n) is 9.91. The minimum atomic E-state index is -3.63. The van der Waals surface area contributed by atoms with Crippen molar-refractivity contribution >= 4 is 21.6 Å². The van der Waals surface area contributed by atoms with E-state index < -0.39 is 15.9 Å². The van der Waals surface area contributed by atoms with Crippen LogP contribution in [0.3, 0.4) is 0 Å². The van der Waals surface area contributed by atoms with Crippen LogP contribution < -0.4 is 5.32 Å². The number of aromatic nitrogens is 2. The number of rotatable bonds is 5. The van der Waals surface area contributed by atoms with Gasteiger partial charge in [0.15, 0.2) is 5.82 Å². The number of phenols is 1. The van der Waals surface area contributed by atoms with Crippen LogP contribution in [0.2, 0.25) is 0 Å². The van der Waals surface area contributed by atoms with E-state index in [1.807, 2.05) is 0 Å². The van der Waals surface area contributed by atoms with Crippen LogP contribution in [0.4, 0.5) is 5.69 Å². The Morgan fingerprint density at radius 3 is 2.52 bits per heavy atom. The second-order valence-corrected chi connectivity index (χ2v) is 9.29. The molecule has 1 unspecified atom stereocenters. The summed E-state index contributed by atoms with van der Waals surface area (Å²) in [5.41, 5.74) is 1.09. The summed E-state index contributed by atoms with van der Waals surface area (Å²) in [5.74, 6) is -0.183. The number of aromatic hydroxyl groups is 1. The van der Waals surface area contributed by atoms with Gasteiger partial charge in [-0.25, -0.2) is 18.4 Å². The molecule has 0 saturated carbocycles. The summed E-state index contributed by atoms with van der Waals surface area (Å²) in [5, 5.41) is 12.4. The highest BCUT2D eigenvalue weighted by Gasteiger charge is 2.33. The van der Waals surface area contributed by atoms with E-state index >= 15 is 0 Å². The number of carbonyl (C=O) groups is 1. The van der Waals surface area contributed by atoms with Gasteiger partial charge in [0, 0.05) is 18.7 Å². The molecule has 1 aromatic heterocycles. The van der Waals surface area contributed by atoms with Crippen LogP contribution in [-0.2, 0) is 14.8 Å². The van der Waals surface area contributed by atoms with Crippen LogP contribution in [0, 0.1) is 5.92 Å². The molecule has 0 bridgehead atoms. The molecule has 8 nitrogen and oxygen atoms in total. The molecule has 1 saturated heterocycles. The van der Waals surface area contributed by atoms with Crippen molar-refractivity contribution in [1.29, 1.82) is 0 Å². The SMILES string of the molecule is O=C(Nc1cnc(-c2cccc(O)c2)nc1)C1CCCN(S(=O)(=O)c2ccccc2)C1. The number of sulfonamides is 1. The average Bonchev–Trinajstić information content (AvgIpc) is 2.80. The number of hydrogen-bond donors (Lipinski definition) is 2. The highest BCUT2D eigenvalue weighted by Crippen LogP contribution is 2.25. The standard InChI is InChI=1S/C22H22N4O4S/c27-19-8-4-6-16(12-19)21-23-13-18(14-24-21)25-22(28)17-7-5-11-26(15-17)31(29,30)20-9-2-1-3-10-20/h1-4,6,8-10,12-14,17,27H,5,7,11,15H2,(H,25,28). The van der Waals surface area contributed by atoms with Crippen molar-refractivity contribution in [3.63, 3.8) is 0 Å². The van der Waals surface area contributed by atoms with Gasteiger partial charge >= 0.3 is 0 Å². The van der Waals surface area contributed by atoms with Gasteiger partial charge in [0.1, 0.15) is 5.75 Å². The van der Waals surface area contributed by atoms with Crippen molar-refractivity contribution in [2.45, 2.75) is 17.7 Å². The molecule has 2 N–H and O–H groups in total. The van der Waals surface area contributed by atoms with E-state index in [1.165, 1.54) is 16.7 Å². The Morgan fingerprint density at radius 2 is 1.81 bits per heavy atom. The largest absolute Gasteiger partial charge is 0.508 e. The Hall–Kier alpha value is -3.30. The van der Waals surface area contributed by atoms with E-state index in [0.29, 0.717) is 36.5 Å². The second-order valence-electron chi connectivity index (χ2n) is 7.35. The Labute approximate surface area is 180 Å². The zero-order chi connectivity index (χ0) is 21.8. The summed E-state index contributed by atoms with van der Waals surface area (Å²) >= 11 is 0. The van der Waals surface area contributed by atoms with Gasteiger partial charge in [-0.15, -0.1) is 0 Å². The zero-order valence-electron chi connectivity index (χ0n) is 16.7. The van der Waals surface area contributed by atoms with E-state index in [0.717, 1.165) is 0 Å². The van der Waals surface area contributed by atoms with Gasteiger partial charge < -0.3 is 10.4 Å². The van der Waals surface area contributed by atoms with Gasteiger partial charge in [-0.3, -0.25) is 4.79 Å². The predicted molar refractivity (Wildman–Crippen MR) is 116 cm³/mol. The number of nitrogens with zero attached hydrogens (tertiary/aromatic N) is 3. The van der Waals surface area contributed by atoms with Gasteiger partial charge in [-0.1, -0.05) is 30.3 Å². The smallest absolute Gasteiger partial charge is 0.243 e. The Bertz CT molecular complexity index is 1170. The number of carbonyl (C=O) groups excluding carboxylic acids is 1. The molecule has 160 valence electrons. The molecular weight excluding hydrogens is 416 g/mol. The topological polar surface area (TPSA) is 112 Å². The first-order valence-corrected chi connectivity index (χ1v) is 11.3. The van der Waals surface area contributed by atoms with Gasteiger partial charge in [-0.2, -0.15) is 4.31 Å². The second kappa shape index (κ2) is 8.83. The summed E-state index contributed by atoms with van der Waals surface area (Å²) in [6, 6.07) is 14.8. The monoisotopic (exact) mass is 438 g/mol. The molecule has 4 rings (SSSR count). The quantitative estimate of drug-likeness (QED) is 0.633. The zero-order valence-corrected chi connectivity index (χ0v) is 17.5. The molecule has 2 heterocycles. The van der Waals surface area contributed by atoms with Crippen molar-refractivity contribution in [2.24, 2.45) is 5.92 Å². The maximum atomic E-state index is 12.9. The number of phenolic OH excluding ortho intramolecular Hbond substituents is 1. The fourth-order valence-electron chi connectivity index (χ4n) is 3.55. The fourth-order valence-corrected chi connectivity index (χ4v) is 5.09. The number of anilines is 1. The van der Waals surface area contributed by atoms with Crippen LogP contribution in [0.25, 0.3) is 11.4 Å². The average molecular weight is 439 g/mol. The number of hydrogen-bond acceptors (Lipinski definition) is 6. The van der Waals surface area contributed by atoms with Crippen molar-refractivity contribution < 1.29 is 18.3 Å². The third-order valence-corrected chi connectivity index (χ3v) is 7.04. The number of benzene rings is 2. The molecule has 31 heavy (non-hydrogen) atoms. The third-order valence-electron chi connectivity index (χ3n) is 5.16. The van der Waals surface area contributed by atoms with E-state index in [4.69, 9.17) is 0 Å². The Morgan fingerprint density at radius 1 is 1.06 bits per heavy atom. The normalized spacial score (nSPS) is 17.2. The minimum absolute atomic E-state index is 0.116. The molecule has 0 radical (unpaired) electrons. The Kier molecular flexibility index (Phi) is 5.97. The molecule has 1 aliphatic rings. The van der Waals surface area contributed by atoms with Crippen molar-refractivity contribution in [3.05, 3.63) is 67.0 Å². The fraction of sp³-hybridized carbons (Fsp3) is 0.227. The predicted octanol–water partition coefficient (Wildman–Crippen LogP) is 2.89. The highest BCUT2D eigenvalue weighted by molar-refractivity contribution is 7.89. The van der Waals surface area contributed by atoms with Crippen LogP contribution in [0.15, 0.2) is 71.9 Å². The molecular formula is C22H22N4O4S. The third kappa shape index (κ3) is 4.73. The molecule has 1 fully saturated rings. The van der Waals surface area contributed by atoms with Crippen molar-refractivity contribution in [3.8, 4) is 17.1 Å². The van der Waals surface area contributed by atoms with Crippen LogP contribution in [-0.4, -0.2) is 46.8 Å². The van der Waals surface area contributed by atoms with Gasteiger partial charge in [0.05, 0.1) is 28.9 Å². The summed E-state index contributed by atoms with van der Waals surface area (Å²) in [4.78, 5) is 21.5. The van der Waals surface area contributed by atoms with E-state index in [-0.39, 0.29) is 23.1 Å². The van der Waals surface area contributed by atoms with Gasteiger partial charge in [-0.05, 0) is 37.1 Å². The summed E-state index contributed by atoms with van der Waals surface area (Å²) in [6.45, 7) is 0.522. The van der Waals surface area contributed by atoms with Gasteiger partial charge in [0.25, 0.3) is 0 Å². The van der Waals surface area contributed by atoms with Crippen LogP contribution in [0.1, 0.15) is 12.8 Å². The molecule has 1 aliphatic heterocycles. The lowest BCUT2D eigenvalue weighted by molar-refractivity contribution is -0.120. The summed E-state index contributed by atoms with van der Waals surface area (Å²) in [6.07, 6.45) is 4.20. The number of piperidine rings is 1.